The predicted octanol–water partition coefficient (Wildman–Crippen LogP) is 2.02. The van der Waals surface area contributed by atoms with E-state index in [-0.39, 0.29) is 5.54 Å². The van der Waals surface area contributed by atoms with Gasteiger partial charge in [0.05, 0.1) is 0 Å². The fourth-order valence-electron chi connectivity index (χ4n) is 2.18. The van der Waals surface area contributed by atoms with E-state index in [9.17, 15) is 4.79 Å². The second-order valence-corrected chi connectivity index (χ2v) is 12.0. The maximum Gasteiger partial charge on any atom is 0.668 e. The molecule has 7 nitrogen and oxygen atoms in total. The van der Waals surface area contributed by atoms with Crippen LogP contribution in [0.25, 0.3) is 0 Å². The SMILES string of the molecule is CCC(CCNC(=O)O)[Si](C)(C)O[Si](OC)(OC)OC. The lowest BCUT2D eigenvalue weighted by Crippen LogP contribution is -2.55. The van der Waals surface area contributed by atoms with Crippen LogP contribution in [0.2, 0.25) is 18.6 Å². The molecule has 0 radical (unpaired) electrons. The van der Waals surface area contributed by atoms with E-state index < -0.39 is 23.5 Å². The van der Waals surface area contributed by atoms with Crippen molar-refractivity contribution in [3.8, 4) is 0 Å². The molecule has 9 heteroatoms. The molecule has 1 atom stereocenters. The van der Waals surface area contributed by atoms with Gasteiger partial charge in [0.15, 0.2) is 8.32 Å². The molecule has 0 saturated carbocycles. The lowest BCUT2D eigenvalue weighted by molar-refractivity contribution is 0.0467. The highest BCUT2D eigenvalue weighted by molar-refractivity contribution is 6.80. The summed E-state index contributed by atoms with van der Waals surface area (Å²) in [6, 6.07) is 0. The average molecular weight is 326 g/mol. The summed E-state index contributed by atoms with van der Waals surface area (Å²) >= 11 is 0. The van der Waals surface area contributed by atoms with Gasteiger partial charge in [-0.3, -0.25) is 0 Å². The van der Waals surface area contributed by atoms with Crippen molar-refractivity contribution in [3.05, 3.63) is 0 Å². The molecule has 1 amide bonds. The third-order valence-electron chi connectivity index (χ3n) is 3.38. The highest BCUT2D eigenvalue weighted by Crippen LogP contribution is 2.32. The summed E-state index contributed by atoms with van der Waals surface area (Å²) in [7, 11) is -0.686. The standard InChI is InChI=1S/C11H27NO6Si2/c1-7-10(8-9-12-11(13)14)19(5,6)18-20(15-2,16-3)17-4/h10,12H,7-9H2,1-6H3,(H,13,14). The zero-order valence-corrected chi connectivity index (χ0v) is 15.2. The number of hydrogen-bond acceptors (Lipinski definition) is 5. The van der Waals surface area contributed by atoms with Gasteiger partial charge in [0.1, 0.15) is 0 Å². The van der Waals surface area contributed by atoms with Gasteiger partial charge < -0.3 is 27.8 Å². The normalized spacial score (nSPS) is 14.1. The molecule has 0 aliphatic carbocycles. The quantitative estimate of drug-likeness (QED) is 0.598. The average Bonchev–Trinajstić information content (AvgIpc) is 2.40. The summed E-state index contributed by atoms with van der Waals surface area (Å²) in [5.41, 5.74) is 0.279. The van der Waals surface area contributed by atoms with E-state index in [1.165, 1.54) is 21.3 Å². The third kappa shape index (κ3) is 5.89. The van der Waals surface area contributed by atoms with Gasteiger partial charge in [0.25, 0.3) is 0 Å². The number of carboxylic acid groups (broad SMARTS) is 1. The Morgan fingerprint density at radius 2 is 1.70 bits per heavy atom. The van der Waals surface area contributed by atoms with Gasteiger partial charge in [0, 0.05) is 27.9 Å². The Bertz CT molecular complexity index is 290. The Balaban J connectivity index is 4.74. The fraction of sp³-hybridized carbons (Fsp3) is 0.909. The molecule has 0 rings (SSSR count). The molecule has 0 saturated heterocycles. The van der Waals surface area contributed by atoms with Crippen LogP contribution < -0.4 is 5.32 Å². The minimum Gasteiger partial charge on any atom is -0.465 e. The van der Waals surface area contributed by atoms with Crippen LogP contribution in [0.5, 0.6) is 0 Å². The smallest absolute Gasteiger partial charge is 0.465 e. The van der Waals surface area contributed by atoms with Crippen LogP contribution in [0.3, 0.4) is 0 Å². The van der Waals surface area contributed by atoms with Crippen LogP contribution in [-0.2, 0) is 17.4 Å². The van der Waals surface area contributed by atoms with Crippen molar-refractivity contribution in [3.63, 3.8) is 0 Å². The van der Waals surface area contributed by atoms with E-state index in [4.69, 9.17) is 22.5 Å². The summed E-state index contributed by atoms with van der Waals surface area (Å²) in [6.45, 7) is 6.62. The van der Waals surface area contributed by atoms with E-state index in [2.05, 4.69) is 25.3 Å². The Labute approximate surface area is 123 Å². The van der Waals surface area contributed by atoms with E-state index in [0.717, 1.165) is 12.8 Å². The van der Waals surface area contributed by atoms with Crippen molar-refractivity contribution in [2.75, 3.05) is 27.9 Å². The van der Waals surface area contributed by atoms with Crippen molar-refractivity contribution < 1.29 is 27.3 Å². The van der Waals surface area contributed by atoms with Crippen molar-refractivity contribution in [2.24, 2.45) is 0 Å². The molecule has 0 bridgehead atoms. The summed E-state index contributed by atoms with van der Waals surface area (Å²) in [5, 5.41) is 11.0. The number of hydrogen-bond donors (Lipinski definition) is 2. The monoisotopic (exact) mass is 325 g/mol. The van der Waals surface area contributed by atoms with Gasteiger partial charge in [-0.15, -0.1) is 0 Å². The van der Waals surface area contributed by atoms with E-state index >= 15 is 0 Å². The molecule has 0 fully saturated rings. The van der Waals surface area contributed by atoms with Crippen LogP contribution in [0.4, 0.5) is 4.79 Å². The maximum atomic E-state index is 10.5. The molecule has 2 N–H and O–H groups in total. The number of carbonyl (C=O) groups is 1. The first-order chi connectivity index (χ1) is 9.26. The minimum absolute atomic E-state index is 0.279. The van der Waals surface area contributed by atoms with E-state index in [1.54, 1.807) is 0 Å². The van der Waals surface area contributed by atoms with Gasteiger partial charge in [-0.1, -0.05) is 13.3 Å². The fourth-order valence-corrected chi connectivity index (χ4v) is 8.74. The molecule has 0 aromatic heterocycles. The Kier molecular flexibility index (Phi) is 8.55. The Hall–Kier alpha value is -0.456. The molecule has 0 spiro atoms. The molecule has 1 unspecified atom stereocenters. The minimum atomic E-state index is -3.07. The molecule has 0 heterocycles. The number of nitrogens with one attached hydrogen (secondary N) is 1. The zero-order chi connectivity index (χ0) is 15.8. The van der Waals surface area contributed by atoms with Crippen LogP contribution in [-0.4, -0.2) is 56.4 Å². The Morgan fingerprint density at radius 1 is 1.20 bits per heavy atom. The molecular weight excluding hydrogens is 298 g/mol. The first-order valence-corrected chi connectivity index (χ1v) is 11.2. The molecular formula is C11H27NO6Si2. The van der Waals surface area contributed by atoms with Gasteiger partial charge in [-0.05, 0) is 25.1 Å². The molecule has 120 valence electrons. The summed E-state index contributed by atoms with van der Waals surface area (Å²) < 4.78 is 22.0. The third-order valence-corrected chi connectivity index (χ3v) is 10.7. The second-order valence-electron chi connectivity index (χ2n) is 4.94. The summed E-state index contributed by atoms with van der Waals surface area (Å²) in [6.07, 6.45) is 0.626. The first kappa shape index (κ1) is 19.5. The summed E-state index contributed by atoms with van der Waals surface area (Å²) in [5.74, 6) is 0. The summed E-state index contributed by atoms with van der Waals surface area (Å²) in [4.78, 5) is 10.5. The Morgan fingerprint density at radius 3 is 2.05 bits per heavy atom. The predicted molar refractivity (Wildman–Crippen MR) is 80.0 cm³/mol. The first-order valence-electron chi connectivity index (χ1n) is 6.59. The van der Waals surface area contributed by atoms with Gasteiger partial charge >= 0.3 is 15.1 Å². The lowest BCUT2D eigenvalue weighted by Gasteiger charge is -2.37. The van der Waals surface area contributed by atoms with Gasteiger partial charge in [-0.25, -0.2) is 4.79 Å². The number of rotatable bonds is 10. The van der Waals surface area contributed by atoms with Gasteiger partial charge in [0.2, 0.25) is 0 Å². The van der Waals surface area contributed by atoms with Crippen LogP contribution >= 0.6 is 0 Å². The lowest BCUT2D eigenvalue weighted by atomic mass is 10.2. The van der Waals surface area contributed by atoms with Crippen LogP contribution in [0.15, 0.2) is 0 Å². The topological polar surface area (TPSA) is 86.3 Å². The van der Waals surface area contributed by atoms with Crippen molar-refractivity contribution in [1.29, 1.82) is 0 Å². The van der Waals surface area contributed by atoms with Gasteiger partial charge in [-0.2, -0.15) is 0 Å². The highest BCUT2D eigenvalue weighted by Gasteiger charge is 2.49. The van der Waals surface area contributed by atoms with E-state index in [0.29, 0.717) is 6.54 Å². The van der Waals surface area contributed by atoms with E-state index in [1.807, 2.05) is 0 Å². The second kappa shape index (κ2) is 8.75. The zero-order valence-electron chi connectivity index (χ0n) is 13.2. The largest absolute Gasteiger partial charge is 0.668 e. The van der Waals surface area contributed by atoms with Crippen molar-refractivity contribution in [2.45, 2.75) is 38.4 Å². The van der Waals surface area contributed by atoms with Crippen molar-refractivity contribution in [1.82, 2.24) is 5.32 Å². The van der Waals surface area contributed by atoms with Crippen molar-refractivity contribution >= 4 is 23.5 Å². The highest BCUT2D eigenvalue weighted by atomic mass is 28.5. The maximum absolute atomic E-state index is 10.5. The van der Waals surface area contributed by atoms with Crippen LogP contribution in [0, 0.1) is 0 Å². The molecule has 0 aromatic rings. The molecule has 20 heavy (non-hydrogen) atoms. The molecule has 0 aromatic carbocycles. The number of amides is 1. The molecule has 0 aliphatic rings. The molecule has 0 aliphatic heterocycles. The van der Waals surface area contributed by atoms with Crippen LogP contribution in [0.1, 0.15) is 19.8 Å².